The monoisotopic (exact) mass is 482 g/mol. The Kier molecular flexibility index (Phi) is 5.71. The van der Waals surface area contributed by atoms with Gasteiger partial charge in [0.25, 0.3) is 0 Å². The number of aromatic hydroxyl groups is 1. The van der Waals surface area contributed by atoms with Gasteiger partial charge in [0.05, 0.1) is 11.1 Å². The molecule has 1 saturated heterocycles. The Hall–Kier alpha value is -2.39. The molecule has 2 heterocycles. The number of likely N-dealkylation sites (tertiary alicyclic amines) is 1. The molecule has 1 aromatic heterocycles. The number of fused-ring (bicyclic) bond motifs is 1. The highest BCUT2D eigenvalue weighted by Crippen LogP contribution is 2.48. The highest BCUT2D eigenvalue weighted by Gasteiger charge is 2.35. The number of nitrogens with zero attached hydrogens (tertiary/aromatic N) is 1. The summed E-state index contributed by atoms with van der Waals surface area (Å²) >= 11 is 6.25. The first kappa shape index (κ1) is 21.5. The molecule has 0 aliphatic carbocycles. The van der Waals surface area contributed by atoms with Crippen molar-refractivity contribution < 1.29 is 34.9 Å². The van der Waals surface area contributed by atoms with E-state index in [0.29, 0.717) is 17.1 Å². The Balaban J connectivity index is 2.06. The molecule has 32 heavy (non-hydrogen) atoms. The third-order valence-electron chi connectivity index (χ3n) is 5.32. The lowest BCUT2D eigenvalue weighted by atomic mass is 9.85. The third-order valence-corrected chi connectivity index (χ3v) is 6.09. The molecule has 1 aliphatic rings. The van der Waals surface area contributed by atoms with Crippen molar-refractivity contribution in [2.75, 3.05) is 20.1 Å². The van der Waals surface area contributed by atoms with Crippen LogP contribution < -0.4 is 9.95 Å². The Morgan fingerprint density at radius 2 is 2.03 bits per heavy atom. The molecule has 3 atom stereocenters. The lowest BCUT2D eigenvalue weighted by Gasteiger charge is -2.34. The molecule has 3 aromatic rings. The van der Waals surface area contributed by atoms with Gasteiger partial charge in [0, 0.05) is 37.1 Å². The first-order chi connectivity index (χ1) is 15.5. The molecule has 4 rings (SSSR count). The van der Waals surface area contributed by atoms with Crippen molar-refractivity contribution in [1.29, 1.82) is 0 Å². The van der Waals surface area contributed by atoms with Gasteiger partial charge in [-0.25, -0.2) is 4.57 Å². The predicted octanol–water partition coefficient (Wildman–Crippen LogP) is 3.07. The second-order valence-electron chi connectivity index (χ2n) is 7.56. The van der Waals surface area contributed by atoms with Crippen LogP contribution in [0.4, 0.5) is 0 Å². The SMILES string of the molecule is [2H]C1[C@@H](O)[C@@H](c2c(OP(=O)(O)O)cc(O)c3c(=O)cc(-c4ccccc4Cl)oc23)CCN1C. The number of piperidine rings is 1. The largest absolute Gasteiger partial charge is 0.524 e. The van der Waals surface area contributed by atoms with E-state index in [4.69, 9.17) is 21.9 Å². The van der Waals surface area contributed by atoms with E-state index < -0.39 is 43.3 Å². The zero-order valence-electron chi connectivity index (χ0n) is 17.8. The minimum Gasteiger partial charge on any atom is -0.507 e. The smallest absolute Gasteiger partial charge is 0.507 e. The minimum absolute atomic E-state index is 0.0185. The number of benzene rings is 2. The van der Waals surface area contributed by atoms with Gasteiger partial charge < -0.3 is 24.1 Å². The van der Waals surface area contributed by atoms with Gasteiger partial charge in [-0.05, 0) is 32.1 Å². The predicted molar refractivity (Wildman–Crippen MR) is 118 cm³/mol. The molecule has 1 unspecified atom stereocenters. The number of phosphoric acid groups is 1. The topological polar surface area (TPSA) is 141 Å². The number of halogens is 1. The molecular weight excluding hydrogens is 461 g/mol. The second kappa shape index (κ2) is 8.51. The standard InChI is InChI=1S/C21H21ClNO8P/c1-23-7-6-12(16(26)10-23)19-18(31-32(27,28)29)9-15(25)20-14(24)8-17(30-21(19)20)11-4-2-3-5-13(11)22/h2-5,8-9,12,16,25-26H,6-7,10H2,1H3,(H2,27,28,29)/t12-,16+/m0/s1/i10D/t10?,12-,16+. The van der Waals surface area contributed by atoms with Gasteiger partial charge in [-0.3, -0.25) is 14.6 Å². The van der Waals surface area contributed by atoms with Gasteiger partial charge in [0.2, 0.25) is 0 Å². The number of phenolic OH excluding ortho intramolecular Hbond substituents is 1. The fourth-order valence-corrected chi connectivity index (χ4v) is 4.56. The molecule has 11 heteroatoms. The Morgan fingerprint density at radius 3 is 2.72 bits per heavy atom. The zero-order chi connectivity index (χ0) is 24.1. The summed E-state index contributed by atoms with van der Waals surface area (Å²) in [5, 5.41) is 21.4. The number of aliphatic hydroxyl groups excluding tert-OH is 1. The van der Waals surface area contributed by atoms with Crippen LogP contribution in [0.1, 0.15) is 19.3 Å². The number of hydrogen-bond donors (Lipinski definition) is 4. The third kappa shape index (κ3) is 4.41. The first-order valence-electron chi connectivity index (χ1n) is 10.2. The molecule has 0 radical (unpaired) electrons. The zero-order valence-corrected chi connectivity index (χ0v) is 18.5. The number of phenols is 1. The van der Waals surface area contributed by atoms with E-state index >= 15 is 0 Å². The molecular formula is C21H21ClNO8P. The number of β-amino-alcohol motifs (C(OH)–C–C–N with tert-alkyl or cyclic N) is 1. The van der Waals surface area contributed by atoms with Crippen molar-refractivity contribution in [1.82, 2.24) is 4.90 Å². The van der Waals surface area contributed by atoms with Crippen LogP contribution >= 0.6 is 19.4 Å². The van der Waals surface area contributed by atoms with E-state index in [1.54, 1.807) is 36.2 Å². The summed E-state index contributed by atoms with van der Waals surface area (Å²) in [5.74, 6) is -1.88. The van der Waals surface area contributed by atoms with E-state index in [9.17, 15) is 29.4 Å². The summed E-state index contributed by atoms with van der Waals surface area (Å²) in [6.45, 7) is -0.670. The highest BCUT2D eigenvalue weighted by atomic mass is 35.5. The normalized spacial score (nSPS) is 22.7. The summed E-state index contributed by atoms with van der Waals surface area (Å²) in [4.78, 5) is 33.4. The molecule has 1 aliphatic heterocycles. The van der Waals surface area contributed by atoms with Crippen molar-refractivity contribution in [2.45, 2.75) is 18.4 Å². The molecule has 2 aromatic carbocycles. The van der Waals surface area contributed by atoms with Crippen LogP contribution in [0.3, 0.4) is 0 Å². The van der Waals surface area contributed by atoms with Gasteiger partial charge in [-0.1, -0.05) is 23.7 Å². The van der Waals surface area contributed by atoms with Gasteiger partial charge in [0.1, 0.15) is 28.2 Å². The molecule has 170 valence electrons. The van der Waals surface area contributed by atoms with Gasteiger partial charge in [0.15, 0.2) is 5.43 Å². The lowest BCUT2D eigenvalue weighted by molar-refractivity contribution is 0.0632. The van der Waals surface area contributed by atoms with Crippen LogP contribution in [0.15, 0.2) is 45.6 Å². The summed E-state index contributed by atoms with van der Waals surface area (Å²) in [6.07, 6.45) is -1.03. The Morgan fingerprint density at radius 1 is 1.31 bits per heavy atom. The van der Waals surface area contributed by atoms with Gasteiger partial charge in [-0.2, -0.15) is 0 Å². The van der Waals surface area contributed by atoms with E-state index in [2.05, 4.69) is 0 Å². The molecule has 0 saturated carbocycles. The first-order valence-corrected chi connectivity index (χ1v) is 11.5. The lowest BCUT2D eigenvalue weighted by Crippen LogP contribution is -2.40. The number of likely N-dealkylation sites (N-methyl/N-ethyl adjacent to an activating group) is 1. The molecule has 0 bridgehead atoms. The number of hydrogen-bond acceptors (Lipinski definition) is 7. The van der Waals surface area contributed by atoms with E-state index in [1.807, 2.05) is 0 Å². The summed E-state index contributed by atoms with van der Waals surface area (Å²) in [7, 11) is -3.43. The van der Waals surface area contributed by atoms with Crippen molar-refractivity contribution in [2.24, 2.45) is 0 Å². The maximum Gasteiger partial charge on any atom is 0.524 e. The van der Waals surface area contributed by atoms with Crippen LogP contribution in [-0.2, 0) is 4.57 Å². The van der Waals surface area contributed by atoms with Crippen molar-refractivity contribution >= 4 is 30.4 Å². The summed E-state index contributed by atoms with van der Waals surface area (Å²) in [6, 6.07) is 8.65. The van der Waals surface area contributed by atoms with Gasteiger partial charge >= 0.3 is 7.82 Å². The average Bonchev–Trinajstić information content (AvgIpc) is 2.72. The van der Waals surface area contributed by atoms with Crippen molar-refractivity contribution in [3.63, 3.8) is 0 Å². The molecule has 0 spiro atoms. The summed E-state index contributed by atoms with van der Waals surface area (Å²) < 4.78 is 30.7. The number of aliphatic hydroxyl groups is 1. The van der Waals surface area contributed by atoms with Crippen LogP contribution in [0.25, 0.3) is 22.3 Å². The van der Waals surface area contributed by atoms with E-state index in [-0.39, 0.29) is 28.7 Å². The Labute approximate surface area is 189 Å². The maximum absolute atomic E-state index is 13.0. The van der Waals surface area contributed by atoms with Crippen LogP contribution in [-0.4, -0.2) is 51.1 Å². The van der Waals surface area contributed by atoms with Crippen LogP contribution in [0.2, 0.25) is 5.02 Å². The van der Waals surface area contributed by atoms with Crippen LogP contribution in [0.5, 0.6) is 11.5 Å². The summed E-state index contributed by atoms with van der Waals surface area (Å²) in [5.41, 5.74) is -0.471. The highest BCUT2D eigenvalue weighted by molar-refractivity contribution is 7.46. The number of phosphoric ester groups is 1. The average molecular weight is 483 g/mol. The van der Waals surface area contributed by atoms with Crippen molar-refractivity contribution in [3.05, 3.63) is 57.2 Å². The molecule has 1 fully saturated rings. The minimum atomic E-state index is -5.09. The molecule has 4 N–H and O–H groups in total. The van der Waals surface area contributed by atoms with Gasteiger partial charge in [-0.15, -0.1) is 0 Å². The Bertz CT molecular complexity index is 1330. The molecule has 9 nitrogen and oxygen atoms in total. The fourth-order valence-electron chi connectivity index (χ4n) is 3.93. The second-order valence-corrected chi connectivity index (χ2v) is 9.13. The number of rotatable bonds is 4. The van der Waals surface area contributed by atoms with Crippen molar-refractivity contribution in [3.8, 4) is 22.8 Å². The quantitative estimate of drug-likeness (QED) is 0.413. The van der Waals surface area contributed by atoms with E-state index in [1.165, 1.54) is 0 Å². The molecule has 0 amide bonds. The van der Waals surface area contributed by atoms with Crippen LogP contribution in [0, 0.1) is 0 Å². The maximum atomic E-state index is 13.0. The fraction of sp³-hybridized carbons (Fsp3) is 0.286. The van der Waals surface area contributed by atoms with E-state index in [0.717, 1.165) is 12.1 Å².